The average molecular weight is 511 g/mol. The van der Waals surface area contributed by atoms with Gasteiger partial charge >= 0.3 is 0 Å². The number of hydrogen-bond acceptors (Lipinski definition) is 7. The summed E-state index contributed by atoms with van der Waals surface area (Å²) in [5.41, 5.74) is 3.66. The van der Waals surface area contributed by atoms with Gasteiger partial charge in [-0.1, -0.05) is 12.1 Å². The molecule has 3 aromatic rings. The number of carbonyl (C=O) groups excluding carboxylic acids is 1. The SMILES string of the molecule is Cc1c(C(=O)Cc2ccc(C3(C#N)CCC(N4CCC(O)C4)CC3)nc2)cnn1-c1ccc(C2CC2)cn1. The van der Waals surface area contributed by atoms with E-state index in [0.717, 1.165) is 68.0 Å². The van der Waals surface area contributed by atoms with Crippen LogP contribution in [0.1, 0.15) is 83.7 Å². The molecule has 3 fully saturated rings. The number of hydrogen-bond donors (Lipinski definition) is 1. The number of rotatable bonds is 7. The van der Waals surface area contributed by atoms with Crippen LogP contribution in [0, 0.1) is 18.3 Å². The van der Waals surface area contributed by atoms with Gasteiger partial charge in [0.1, 0.15) is 0 Å². The molecule has 38 heavy (non-hydrogen) atoms. The first-order chi connectivity index (χ1) is 18.5. The minimum absolute atomic E-state index is 0.0128. The number of β-amino-alcohol motifs (C(OH)–C–C–N with tert-alkyl or cyclic N) is 1. The first kappa shape index (κ1) is 24.9. The molecule has 2 saturated carbocycles. The second-order valence-electron chi connectivity index (χ2n) is 11.3. The molecule has 0 aromatic carbocycles. The van der Waals surface area contributed by atoms with E-state index in [1.165, 1.54) is 18.4 Å². The normalized spacial score (nSPS) is 25.8. The van der Waals surface area contributed by atoms with Crippen molar-refractivity contribution in [1.82, 2.24) is 24.6 Å². The molecule has 1 N–H and O–H groups in total. The molecule has 0 radical (unpaired) electrons. The molecule has 3 aromatic heterocycles. The number of aliphatic hydroxyl groups is 1. The summed E-state index contributed by atoms with van der Waals surface area (Å²) in [6.45, 7) is 3.58. The van der Waals surface area contributed by atoms with E-state index in [9.17, 15) is 15.2 Å². The zero-order valence-corrected chi connectivity index (χ0v) is 21.9. The Morgan fingerprint density at radius 1 is 1.08 bits per heavy atom. The van der Waals surface area contributed by atoms with E-state index in [2.05, 4.69) is 32.1 Å². The molecular formula is C30H34N6O2. The number of aromatic nitrogens is 4. The number of carbonyl (C=O) groups is 1. The Morgan fingerprint density at radius 3 is 2.50 bits per heavy atom. The molecule has 0 spiro atoms. The van der Waals surface area contributed by atoms with Gasteiger partial charge in [-0.05, 0) is 81.0 Å². The van der Waals surface area contributed by atoms with Crippen molar-refractivity contribution in [2.24, 2.45) is 0 Å². The van der Waals surface area contributed by atoms with E-state index in [1.54, 1.807) is 17.1 Å². The van der Waals surface area contributed by atoms with Crippen molar-refractivity contribution in [3.63, 3.8) is 0 Å². The molecule has 2 aliphatic carbocycles. The van der Waals surface area contributed by atoms with E-state index >= 15 is 0 Å². The minimum Gasteiger partial charge on any atom is -0.392 e. The second kappa shape index (κ2) is 10.0. The fourth-order valence-corrected chi connectivity index (χ4v) is 6.17. The van der Waals surface area contributed by atoms with E-state index in [0.29, 0.717) is 17.5 Å². The Bertz CT molecular complexity index is 1340. The third kappa shape index (κ3) is 4.77. The Hall–Kier alpha value is -3.41. The second-order valence-corrected chi connectivity index (χ2v) is 11.3. The molecule has 0 amide bonds. The highest BCUT2D eigenvalue weighted by atomic mass is 16.3. The first-order valence-corrected chi connectivity index (χ1v) is 13.8. The maximum atomic E-state index is 13.1. The number of ketones is 1. The standard InChI is InChI=1S/C30H34N6O2/c1-20-26(17-34-36(20)29-7-5-23(16-33-29)22-3-4-22)27(38)14-21-2-6-28(32-15-21)30(19-31)11-8-24(9-12-30)35-13-10-25(37)18-35/h2,5-7,15-17,22,24-25,37H,3-4,8-14,18H2,1H3. The van der Waals surface area contributed by atoms with Crippen molar-refractivity contribution in [3.05, 3.63) is 70.9 Å². The van der Waals surface area contributed by atoms with E-state index in [1.807, 2.05) is 31.3 Å². The molecule has 1 unspecified atom stereocenters. The van der Waals surface area contributed by atoms with Crippen molar-refractivity contribution >= 4 is 5.78 Å². The zero-order chi connectivity index (χ0) is 26.3. The average Bonchev–Trinajstić information content (AvgIpc) is 3.60. The van der Waals surface area contributed by atoms with Gasteiger partial charge in [-0.15, -0.1) is 0 Å². The monoisotopic (exact) mass is 510 g/mol. The Labute approximate surface area is 223 Å². The molecule has 1 atom stereocenters. The van der Waals surface area contributed by atoms with Crippen LogP contribution >= 0.6 is 0 Å². The van der Waals surface area contributed by atoms with Crippen molar-refractivity contribution in [1.29, 1.82) is 5.26 Å². The molecule has 3 aliphatic rings. The summed E-state index contributed by atoms with van der Waals surface area (Å²) in [6, 6.07) is 10.9. The number of nitrogens with zero attached hydrogens (tertiary/aromatic N) is 6. The van der Waals surface area contributed by atoms with Gasteiger partial charge in [0.25, 0.3) is 0 Å². The van der Waals surface area contributed by atoms with Crippen molar-refractivity contribution in [2.75, 3.05) is 13.1 Å². The quantitative estimate of drug-likeness (QED) is 0.478. The Morgan fingerprint density at radius 2 is 1.89 bits per heavy atom. The molecule has 6 rings (SSSR count). The lowest BCUT2D eigenvalue weighted by Crippen LogP contribution is -2.41. The largest absolute Gasteiger partial charge is 0.392 e. The summed E-state index contributed by atoms with van der Waals surface area (Å²) in [7, 11) is 0. The summed E-state index contributed by atoms with van der Waals surface area (Å²) in [6.07, 6.45) is 12.0. The fraction of sp³-hybridized carbons (Fsp3) is 0.500. The van der Waals surface area contributed by atoms with Gasteiger partial charge in [0, 0.05) is 37.9 Å². The van der Waals surface area contributed by atoms with E-state index in [4.69, 9.17) is 0 Å². The van der Waals surface area contributed by atoms with E-state index in [-0.39, 0.29) is 18.3 Å². The maximum absolute atomic E-state index is 13.1. The molecular weight excluding hydrogens is 476 g/mol. The highest BCUT2D eigenvalue weighted by Gasteiger charge is 2.41. The number of nitriles is 1. The van der Waals surface area contributed by atoms with Gasteiger partial charge < -0.3 is 5.11 Å². The lowest BCUT2D eigenvalue weighted by atomic mass is 9.71. The molecule has 4 heterocycles. The van der Waals surface area contributed by atoms with E-state index < -0.39 is 5.41 Å². The molecule has 1 saturated heterocycles. The predicted octanol–water partition coefficient (Wildman–Crippen LogP) is 4.04. The molecule has 8 heteroatoms. The fourth-order valence-electron chi connectivity index (χ4n) is 6.17. The van der Waals surface area contributed by atoms with Crippen LogP contribution in [0.25, 0.3) is 5.82 Å². The van der Waals surface area contributed by atoms with Crippen LogP contribution in [0.5, 0.6) is 0 Å². The number of Topliss-reactive ketones (excluding diaryl/α,β-unsaturated/α-hetero) is 1. The van der Waals surface area contributed by atoms with Gasteiger partial charge in [-0.3, -0.25) is 14.7 Å². The summed E-state index contributed by atoms with van der Waals surface area (Å²) in [5, 5.41) is 24.4. The molecule has 8 nitrogen and oxygen atoms in total. The maximum Gasteiger partial charge on any atom is 0.170 e. The summed E-state index contributed by atoms with van der Waals surface area (Å²) >= 11 is 0. The Kier molecular flexibility index (Phi) is 6.58. The third-order valence-corrected chi connectivity index (χ3v) is 8.76. The van der Waals surface area contributed by atoms with Crippen molar-refractivity contribution in [2.45, 2.75) is 81.8 Å². The van der Waals surface area contributed by atoms with Gasteiger partial charge in [0.2, 0.25) is 0 Å². The lowest BCUT2D eigenvalue weighted by Gasteiger charge is -2.38. The summed E-state index contributed by atoms with van der Waals surface area (Å²) in [5.74, 6) is 1.35. The number of pyridine rings is 2. The van der Waals surface area contributed by atoms with Crippen LogP contribution in [0.4, 0.5) is 0 Å². The molecule has 0 bridgehead atoms. The first-order valence-electron chi connectivity index (χ1n) is 13.8. The van der Waals surface area contributed by atoms with Crippen LogP contribution in [0.3, 0.4) is 0 Å². The van der Waals surface area contributed by atoms with Gasteiger partial charge in [0.15, 0.2) is 11.6 Å². The highest BCUT2D eigenvalue weighted by molar-refractivity contribution is 5.98. The van der Waals surface area contributed by atoms with Crippen molar-refractivity contribution < 1.29 is 9.90 Å². The topological polar surface area (TPSA) is 108 Å². The minimum atomic E-state index is -0.586. The number of likely N-dealkylation sites (tertiary alicyclic amines) is 1. The third-order valence-electron chi connectivity index (χ3n) is 8.76. The molecule has 196 valence electrons. The highest BCUT2D eigenvalue weighted by Crippen LogP contribution is 2.41. The van der Waals surface area contributed by atoms with Gasteiger partial charge in [0.05, 0.1) is 40.7 Å². The van der Waals surface area contributed by atoms with Crippen LogP contribution in [-0.4, -0.2) is 60.8 Å². The molecule has 1 aliphatic heterocycles. The Balaban J connectivity index is 1.11. The van der Waals surface area contributed by atoms with Crippen molar-refractivity contribution in [3.8, 4) is 11.9 Å². The van der Waals surface area contributed by atoms with Crippen LogP contribution < -0.4 is 0 Å². The zero-order valence-electron chi connectivity index (χ0n) is 21.9. The number of aliphatic hydroxyl groups excluding tert-OH is 1. The van der Waals surface area contributed by atoms with Crippen LogP contribution in [0.15, 0.2) is 42.9 Å². The predicted molar refractivity (Wildman–Crippen MR) is 142 cm³/mol. The van der Waals surface area contributed by atoms with Gasteiger partial charge in [-0.25, -0.2) is 9.67 Å². The summed E-state index contributed by atoms with van der Waals surface area (Å²) < 4.78 is 1.72. The lowest BCUT2D eigenvalue weighted by molar-refractivity contribution is 0.0992. The van der Waals surface area contributed by atoms with Crippen LogP contribution in [-0.2, 0) is 11.8 Å². The van der Waals surface area contributed by atoms with Crippen LogP contribution in [0.2, 0.25) is 0 Å². The smallest absolute Gasteiger partial charge is 0.170 e. The summed E-state index contributed by atoms with van der Waals surface area (Å²) in [4.78, 5) is 24.8. The van der Waals surface area contributed by atoms with Gasteiger partial charge in [-0.2, -0.15) is 10.4 Å².